The number of allylic oxidation sites excluding steroid dienone is 2. The van der Waals surface area contributed by atoms with E-state index in [1.165, 1.54) is 0 Å². The number of cyclic esters (lactones) is 1. The van der Waals surface area contributed by atoms with Crippen LogP contribution in [0.15, 0.2) is 12.2 Å². The predicted octanol–water partition coefficient (Wildman–Crippen LogP) is 2.54. The summed E-state index contributed by atoms with van der Waals surface area (Å²) in [6.07, 6.45) is 5.64. The van der Waals surface area contributed by atoms with Gasteiger partial charge in [0, 0.05) is 5.41 Å². The van der Waals surface area contributed by atoms with Crippen LogP contribution in [0.1, 0.15) is 34.1 Å². The SMILES string of the molecule is CC1(C)OC(=O)C2(C)C3C=CC(C3)C12C. The van der Waals surface area contributed by atoms with Crippen molar-refractivity contribution in [1.82, 2.24) is 0 Å². The van der Waals surface area contributed by atoms with E-state index < -0.39 is 0 Å². The molecule has 1 saturated heterocycles. The third-order valence-electron chi connectivity index (χ3n) is 5.67. The third kappa shape index (κ3) is 0.685. The number of esters is 1. The average Bonchev–Trinajstić information content (AvgIpc) is 2.71. The van der Waals surface area contributed by atoms with E-state index in [2.05, 4.69) is 39.8 Å². The molecule has 0 aromatic rings. The van der Waals surface area contributed by atoms with E-state index in [4.69, 9.17) is 4.74 Å². The molecule has 4 atom stereocenters. The van der Waals surface area contributed by atoms with E-state index in [1.807, 2.05) is 0 Å². The Morgan fingerprint density at radius 3 is 2.40 bits per heavy atom. The van der Waals surface area contributed by atoms with Crippen molar-refractivity contribution in [3.05, 3.63) is 12.2 Å². The summed E-state index contributed by atoms with van der Waals surface area (Å²) in [5.74, 6) is 0.905. The van der Waals surface area contributed by atoms with E-state index in [-0.39, 0.29) is 22.4 Å². The molecular formula is C13H18O2. The maximum atomic E-state index is 12.1. The molecule has 3 rings (SSSR count). The van der Waals surface area contributed by atoms with E-state index in [0.717, 1.165) is 6.42 Å². The van der Waals surface area contributed by atoms with Gasteiger partial charge in [0.25, 0.3) is 0 Å². The summed E-state index contributed by atoms with van der Waals surface area (Å²) in [4.78, 5) is 12.1. The minimum atomic E-state index is -0.330. The van der Waals surface area contributed by atoms with Gasteiger partial charge in [0.15, 0.2) is 0 Å². The summed E-state index contributed by atoms with van der Waals surface area (Å²) in [5.41, 5.74) is -0.657. The first-order chi connectivity index (χ1) is 6.84. The van der Waals surface area contributed by atoms with Crippen LogP contribution in [0.3, 0.4) is 0 Å². The molecule has 1 aliphatic heterocycles. The minimum absolute atomic E-state index is 0.00634. The molecule has 0 amide bonds. The van der Waals surface area contributed by atoms with Gasteiger partial charge in [-0.05, 0) is 39.0 Å². The molecule has 2 aliphatic carbocycles. The molecule has 1 heterocycles. The summed E-state index contributed by atoms with van der Waals surface area (Å²) < 4.78 is 5.62. The zero-order valence-corrected chi connectivity index (χ0v) is 9.83. The second-order valence-electron chi connectivity index (χ2n) is 6.14. The minimum Gasteiger partial charge on any atom is -0.459 e. The second-order valence-corrected chi connectivity index (χ2v) is 6.14. The molecule has 15 heavy (non-hydrogen) atoms. The Kier molecular flexibility index (Phi) is 1.36. The highest BCUT2D eigenvalue weighted by molar-refractivity contribution is 5.83. The number of fused-ring (bicyclic) bond motifs is 5. The van der Waals surface area contributed by atoms with Gasteiger partial charge in [-0.2, -0.15) is 0 Å². The second kappa shape index (κ2) is 2.16. The summed E-state index contributed by atoms with van der Waals surface area (Å²) in [6, 6.07) is 0. The van der Waals surface area contributed by atoms with Crippen LogP contribution in [-0.4, -0.2) is 11.6 Å². The fourth-order valence-corrected chi connectivity index (χ4v) is 4.20. The first kappa shape index (κ1) is 9.44. The van der Waals surface area contributed by atoms with Gasteiger partial charge < -0.3 is 4.74 Å². The number of carbonyl (C=O) groups excluding carboxylic acids is 1. The third-order valence-corrected chi connectivity index (χ3v) is 5.67. The van der Waals surface area contributed by atoms with Crippen LogP contribution in [0.5, 0.6) is 0 Å². The van der Waals surface area contributed by atoms with Crippen LogP contribution < -0.4 is 0 Å². The number of carbonyl (C=O) groups is 1. The van der Waals surface area contributed by atoms with Gasteiger partial charge in [0.05, 0.1) is 5.41 Å². The number of hydrogen-bond acceptors (Lipinski definition) is 2. The van der Waals surface area contributed by atoms with E-state index in [1.54, 1.807) is 0 Å². The molecule has 82 valence electrons. The Morgan fingerprint density at radius 1 is 1.20 bits per heavy atom. The lowest BCUT2D eigenvalue weighted by molar-refractivity contribution is -0.153. The van der Waals surface area contributed by atoms with Gasteiger partial charge in [-0.25, -0.2) is 0 Å². The molecule has 0 spiro atoms. The van der Waals surface area contributed by atoms with Crippen LogP contribution in [0.4, 0.5) is 0 Å². The topological polar surface area (TPSA) is 26.3 Å². The maximum Gasteiger partial charge on any atom is 0.313 e. The quantitative estimate of drug-likeness (QED) is 0.449. The zero-order chi connectivity index (χ0) is 11.1. The van der Waals surface area contributed by atoms with Crippen molar-refractivity contribution in [3.63, 3.8) is 0 Å². The molecule has 1 saturated carbocycles. The van der Waals surface area contributed by atoms with Crippen molar-refractivity contribution in [2.45, 2.75) is 39.7 Å². The van der Waals surface area contributed by atoms with Crippen LogP contribution >= 0.6 is 0 Å². The summed E-state index contributed by atoms with van der Waals surface area (Å²) in [6.45, 7) is 8.44. The lowest BCUT2D eigenvalue weighted by atomic mass is 9.55. The van der Waals surface area contributed by atoms with Crippen LogP contribution in [-0.2, 0) is 9.53 Å². The highest BCUT2D eigenvalue weighted by Gasteiger charge is 2.75. The fraction of sp³-hybridized carbons (Fsp3) is 0.769. The molecule has 2 fully saturated rings. The highest BCUT2D eigenvalue weighted by Crippen LogP contribution is 2.71. The van der Waals surface area contributed by atoms with Gasteiger partial charge in [0.2, 0.25) is 0 Å². The summed E-state index contributed by atoms with van der Waals surface area (Å²) >= 11 is 0. The van der Waals surface area contributed by atoms with Crippen molar-refractivity contribution >= 4 is 5.97 Å². The van der Waals surface area contributed by atoms with Crippen molar-refractivity contribution in [2.24, 2.45) is 22.7 Å². The van der Waals surface area contributed by atoms with Gasteiger partial charge in [-0.1, -0.05) is 19.1 Å². The lowest BCUT2D eigenvalue weighted by Crippen LogP contribution is -2.49. The van der Waals surface area contributed by atoms with Crippen LogP contribution in [0.25, 0.3) is 0 Å². The Labute approximate surface area is 90.7 Å². The van der Waals surface area contributed by atoms with E-state index in [9.17, 15) is 4.79 Å². The summed E-state index contributed by atoms with van der Waals surface area (Å²) in [7, 11) is 0. The Hall–Kier alpha value is -0.790. The van der Waals surface area contributed by atoms with Crippen molar-refractivity contribution in [1.29, 1.82) is 0 Å². The largest absolute Gasteiger partial charge is 0.459 e. The highest BCUT2D eigenvalue weighted by atomic mass is 16.6. The lowest BCUT2D eigenvalue weighted by Gasteiger charge is -2.44. The van der Waals surface area contributed by atoms with Gasteiger partial charge >= 0.3 is 5.97 Å². The van der Waals surface area contributed by atoms with Crippen LogP contribution in [0, 0.1) is 22.7 Å². The summed E-state index contributed by atoms with van der Waals surface area (Å²) in [5, 5.41) is 0. The molecule has 2 nitrogen and oxygen atoms in total. The Morgan fingerprint density at radius 2 is 1.80 bits per heavy atom. The molecule has 0 aromatic heterocycles. The number of rotatable bonds is 0. The van der Waals surface area contributed by atoms with Gasteiger partial charge in [-0.3, -0.25) is 4.79 Å². The number of hydrogen-bond donors (Lipinski definition) is 0. The first-order valence-corrected chi connectivity index (χ1v) is 5.76. The molecule has 4 unspecified atom stereocenters. The van der Waals surface area contributed by atoms with Crippen molar-refractivity contribution < 1.29 is 9.53 Å². The van der Waals surface area contributed by atoms with Crippen LogP contribution in [0.2, 0.25) is 0 Å². The first-order valence-electron chi connectivity index (χ1n) is 5.76. The van der Waals surface area contributed by atoms with E-state index >= 15 is 0 Å². The molecular weight excluding hydrogens is 188 g/mol. The normalized spacial score (nSPS) is 54.5. The predicted molar refractivity (Wildman–Crippen MR) is 57.1 cm³/mol. The molecule has 2 bridgehead atoms. The number of ether oxygens (including phenoxy) is 1. The molecule has 0 aromatic carbocycles. The molecule has 2 heteroatoms. The Bertz CT molecular complexity index is 382. The van der Waals surface area contributed by atoms with E-state index in [0.29, 0.717) is 11.8 Å². The molecule has 0 N–H and O–H groups in total. The van der Waals surface area contributed by atoms with Gasteiger partial charge in [0.1, 0.15) is 5.60 Å². The molecule has 3 aliphatic rings. The zero-order valence-electron chi connectivity index (χ0n) is 9.83. The fourth-order valence-electron chi connectivity index (χ4n) is 4.20. The Balaban J connectivity index is 2.26. The van der Waals surface area contributed by atoms with Crippen molar-refractivity contribution in [3.8, 4) is 0 Å². The van der Waals surface area contributed by atoms with Crippen molar-refractivity contribution in [2.75, 3.05) is 0 Å². The molecule has 0 radical (unpaired) electrons. The standard InChI is InChI=1S/C13H18O2/c1-11(2)13(4)9-6-5-8(7-9)12(13,3)10(14)15-11/h5-6,8-9H,7H2,1-4H3. The monoisotopic (exact) mass is 206 g/mol. The maximum absolute atomic E-state index is 12.1. The average molecular weight is 206 g/mol. The smallest absolute Gasteiger partial charge is 0.313 e. The van der Waals surface area contributed by atoms with Gasteiger partial charge in [-0.15, -0.1) is 0 Å².